The van der Waals surface area contributed by atoms with Gasteiger partial charge in [-0.05, 0) is 36.1 Å². The second-order valence-electron chi connectivity index (χ2n) is 8.75. The van der Waals surface area contributed by atoms with Crippen molar-refractivity contribution in [2.45, 2.75) is 26.7 Å². The largest absolute Gasteiger partial charge is 0.390 e. The molecule has 0 aromatic carbocycles. The molecule has 8 nitrogen and oxygen atoms in total. The molecule has 0 radical (unpaired) electrons. The van der Waals surface area contributed by atoms with Crippen LogP contribution in [-0.2, 0) is 4.74 Å². The van der Waals surface area contributed by atoms with Crippen LogP contribution < -0.4 is 5.73 Å². The van der Waals surface area contributed by atoms with E-state index in [1.165, 1.54) is 11.9 Å². The SMILES string of the molecule is Cc1cc(-c2[nH]c3cc(C(=O)N(C)CCN4CCOCC4)sc3c2C(C)C)cnc1N=CN. The third-order valence-electron chi connectivity index (χ3n) is 6.03. The highest BCUT2D eigenvalue weighted by molar-refractivity contribution is 7.21. The third-order valence-corrected chi connectivity index (χ3v) is 7.19. The molecule has 0 aliphatic carbocycles. The van der Waals surface area contributed by atoms with Gasteiger partial charge >= 0.3 is 0 Å². The number of nitrogens with one attached hydrogen (secondary N) is 1. The zero-order valence-corrected chi connectivity index (χ0v) is 20.5. The van der Waals surface area contributed by atoms with Crippen molar-refractivity contribution in [2.24, 2.45) is 10.7 Å². The average Bonchev–Trinajstić information content (AvgIpc) is 3.37. The van der Waals surface area contributed by atoms with E-state index in [-0.39, 0.29) is 11.8 Å². The molecule has 1 aliphatic heterocycles. The fraction of sp³-hybridized carbons (Fsp3) is 0.458. The molecule has 0 unspecified atom stereocenters. The van der Waals surface area contributed by atoms with Crippen molar-refractivity contribution in [1.29, 1.82) is 0 Å². The number of likely N-dealkylation sites (N-methyl/N-ethyl adjacent to an activating group) is 1. The molecule has 3 aromatic heterocycles. The molecule has 176 valence electrons. The van der Waals surface area contributed by atoms with Gasteiger partial charge in [-0.25, -0.2) is 9.98 Å². The van der Waals surface area contributed by atoms with Gasteiger partial charge in [-0.15, -0.1) is 11.3 Å². The summed E-state index contributed by atoms with van der Waals surface area (Å²) in [5.41, 5.74) is 10.6. The summed E-state index contributed by atoms with van der Waals surface area (Å²) in [6.45, 7) is 11.3. The molecule has 9 heteroatoms. The van der Waals surface area contributed by atoms with Crippen LogP contribution in [-0.4, -0.2) is 78.5 Å². The van der Waals surface area contributed by atoms with Crippen molar-refractivity contribution in [3.63, 3.8) is 0 Å². The fourth-order valence-corrected chi connectivity index (χ4v) is 5.51. The number of aryl methyl sites for hydroxylation is 1. The molecule has 4 rings (SSSR count). The van der Waals surface area contributed by atoms with Crippen LogP contribution in [0.15, 0.2) is 23.3 Å². The van der Waals surface area contributed by atoms with Gasteiger partial charge in [-0.2, -0.15) is 0 Å². The number of carbonyl (C=O) groups excluding carboxylic acids is 1. The number of fused-ring (bicyclic) bond motifs is 1. The first-order valence-electron chi connectivity index (χ1n) is 11.3. The quantitative estimate of drug-likeness (QED) is 0.406. The molecule has 0 atom stereocenters. The molecule has 1 saturated heterocycles. The Labute approximate surface area is 198 Å². The minimum atomic E-state index is 0.0654. The number of thiophene rings is 1. The summed E-state index contributed by atoms with van der Waals surface area (Å²) in [5, 5.41) is 0. The number of amides is 1. The first-order chi connectivity index (χ1) is 15.9. The molecule has 0 bridgehead atoms. The topological polar surface area (TPSA) is 99.8 Å². The molecule has 0 spiro atoms. The second kappa shape index (κ2) is 10.0. The summed E-state index contributed by atoms with van der Waals surface area (Å²) in [5.74, 6) is 0.973. The van der Waals surface area contributed by atoms with E-state index in [1.807, 2.05) is 31.1 Å². The van der Waals surface area contributed by atoms with Gasteiger partial charge in [-0.1, -0.05) is 13.8 Å². The van der Waals surface area contributed by atoms with Crippen molar-refractivity contribution < 1.29 is 9.53 Å². The lowest BCUT2D eigenvalue weighted by Crippen LogP contribution is -2.41. The van der Waals surface area contributed by atoms with Crippen molar-refractivity contribution in [3.8, 4) is 11.3 Å². The summed E-state index contributed by atoms with van der Waals surface area (Å²) in [4.78, 5) is 30.2. The number of carbonyl (C=O) groups is 1. The predicted octanol–water partition coefficient (Wildman–Crippen LogP) is 3.75. The van der Waals surface area contributed by atoms with E-state index in [2.05, 4.69) is 39.8 Å². The summed E-state index contributed by atoms with van der Waals surface area (Å²) in [6.07, 6.45) is 3.08. The average molecular weight is 469 g/mol. The Hall–Kier alpha value is -2.75. The smallest absolute Gasteiger partial charge is 0.263 e. The number of aliphatic imine (C=N–C) groups is 1. The Morgan fingerprint density at radius 3 is 2.82 bits per heavy atom. The molecule has 1 fully saturated rings. The van der Waals surface area contributed by atoms with Crippen LogP contribution in [0.1, 0.15) is 40.6 Å². The van der Waals surface area contributed by atoms with Gasteiger partial charge < -0.3 is 20.4 Å². The standard InChI is InChI=1S/C24H32N6O2S/c1-15(2)20-21(17-11-16(3)23(26-13-17)27-14-25)28-18-12-19(33-22(18)20)24(31)29(4)5-6-30-7-9-32-10-8-30/h11-15,28H,5-10H2,1-4H3,(H2,25,26,27). The number of morpholine rings is 1. The van der Waals surface area contributed by atoms with Gasteiger partial charge in [0.25, 0.3) is 5.91 Å². The predicted molar refractivity (Wildman–Crippen MR) is 135 cm³/mol. The minimum absolute atomic E-state index is 0.0654. The monoisotopic (exact) mass is 468 g/mol. The van der Waals surface area contributed by atoms with Crippen LogP contribution in [0.4, 0.5) is 5.82 Å². The summed E-state index contributed by atoms with van der Waals surface area (Å²) in [6, 6.07) is 4.05. The van der Waals surface area contributed by atoms with E-state index in [4.69, 9.17) is 10.5 Å². The number of ether oxygens (including phenoxy) is 1. The Morgan fingerprint density at radius 2 is 2.15 bits per heavy atom. The Bertz CT molecular complexity index is 1160. The Balaban J connectivity index is 1.58. The van der Waals surface area contributed by atoms with Gasteiger partial charge in [0.1, 0.15) is 0 Å². The third kappa shape index (κ3) is 4.95. The maximum Gasteiger partial charge on any atom is 0.263 e. The molecular formula is C24H32N6O2S. The van der Waals surface area contributed by atoms with Gasteiger partial charge in [0.2, 0.25) is 0 Å². The fourth-order valence-electron chi connectivity index (χ4n) is 4.20. The lowest BCUT2D eigenvalue weighted by atomic mass is 9.99. The maximum atomic E-state index is 13.1. The van der Waals surface area contributed by atoms with Crippen LogP contribution in [0.5, 0.6) is 0 Å². The van der Waals surface area contributed by atoms with E-state index in [0.29, 0.717) is 12.4 Å². The zero-order chi connectivity index (χ0) is 23.5. The van der Waals surface area contributed by atoms with E-state index >= 15 is 0 Å². The first kappa shape index (κ1) is 23.4. The number of aromatic nitrogens is 2. The van der Waals surface area contributed by atoms with Crippen molar-refractivity contribution in [2.75, 3.05) is 46.4 Å². The normalized spacial score (nSPS) is 15.2. The summed E-state index contributed by atoms with van der Waals surface area (Å²) < 4.78 is 6.54. The van der Waals surface area contributed by atoms with Crippen molar-refractivity contribution in [3.05, 3.63) is 34.3 Å². The molecule has 3 N–H and O–H groups in total. The number of rotatable bonds is 7. The van der Waals surface area contributed by atoms with E-state index in [0.717, 1.165) is 64.8 Å². The molecular weight excluding hydrogens is 436 g/mol. The lowest BCUT2D eigenvalue weighted by molar-refractivity contribution is 0.0339. The second-order valence-corrected chi connectivity index (χ2v) is 9.80. The molecule has 1 aliphatic rings. The molecule has 0 saturated carbocycles. The highest BCUT2D eigenvalue weighted by Gasteiger charge is 2.23. The van der Waals surface area contributed by atoms with E-state index < -0.39 is 0 Å². The molecule has 3 aromatic rings. The molecule has 4 heterocycles. The zero-order valence-electron chi connectivity index (χ0n) is 19.7. The highest BCUT2D eigenvalue weighted by atomic mass is 32.1. The van der Waals surface area contributed by atoms with Crippen LogP contribution in [0.3, 0.4) is 0 Å². The van der Waals surface area contributed by atoms with Gasteiger partial charge in [0, 0.05) is 45.0 Å². The van der Waals surface area contributed by atoms with Crippen LogP contribution in [0, 0.1) is 6.92 Å². The minimum Gasteiger partial charge on any atom is -0.390 e. The summed E-state index contributed by atoms with van der Waals surface area (Å²) >= 11 is 1.56. The van der Waals surface area contributed by atoms with Crippen LogP contribution in [0.25, 0.3) is 21.5 Å². The summed E-state index contributed by atoms with van der Waals surface area (Å²) in [7, 11) is 1.88. The molecule has 33 heavy (non-hydrogen) atoms. The van der Waals surface area contributed by atoms with E-state index in [1.54, 1.807) is 11.3 Å². The number of pyridine rings is 1. The maximum absolute atomic E-state index is 13.1. The van der Waals surface area contributed by atoms with Gasteiger partial charge in [0.05, 0.1) is 40.3 Å². The van der Waals surface area contributed by atoms with Crippen molar-refractivity contribution >= 4 is 39.6 Å². The van der Waals surface area contributed by atoms with Gasteiger partial charge in [0.15, 0.2) is 5.82 Å². The molecule has 1 amide bonds. The lowest BCUT2D eigenvalue weighted by Gasteiger charge is -2.28. The number of hydrogen-bond donors (Lipinski definition) is 2. The van der Waals surface area contributed by atoms with Crippen LogP contribution in [0.2, 0.25) is 0 Å². The number of nitrogens with two attached hydrogens (primary N) is 1. The van der Waals surface area contributed by atoms with E-state index in [9.17, 15) is 4.79 Å². The Kier molecular flexibility index (Phi) is 7.11. The number of hydrogen-bond acceptors (Lipinski definition) is 6. The van der Waals surface area contributed by atoms with Crippen LogP contribution >= 0.6 is 11.3 Å². The highest BCUT2D eigenvalue weighted by Crippen LogP contribution is 2.40. The first-order valence-corrected chi connectivity index (χ1v) is 12.1. The number of H-pyrrole nitrogens is 1. The van der Waals surface area contributed by atoms with Gasteiger partial charge in [-0.3, -0.25) is 9.69 Å². The van der Waals surface area contributed by atoms with Crippen molar-refractivity contribution in [1.82, 2.24) is 19.8 Å². The number of aromatic amines is 1. The number of nitrogens with zero attached hydrogens (tertiary/aromatic N) is 4. The Morgan fingerprint density at radius 1 is 1.39 bits per heavy atom.